The Hall–Kier alpha value is -5.71. The van der Waals surface area contributed by atoms with Crippen LogP contribution in [0.2, 0.25) is 0 Å². The van der Waals surface area contributed by atoms with Crippen LogP contribution < -0.4 is 21.3 Å². The molecule has 0 spiro atoms. The Morgan fingerprint density at radius 2 is 0.948 bits per heavy atom. The Balaban J connectivity index is 2.42. The van der Waals surface area contributed by atoms with Gasteiger partial charge >= 0.3 is 29.9 Å². The zero-order chi connectivity index (χ0) is 73.8. The lowest BCUT2D eigenvalue weighted by molar-refractivity contribution is -0.160. The third kappa shape index (κ3) is 43.4. The first kappa shape index (κ1) is 87.4. The van der Waals surface area contributed by atoms with Gasteiger partial charge in [0.05, 0.1) is 19.1 Å². The highest BCUT2D eigenvalue weighted by molar-refractivity contribution is 5.92. The molecule has 1 aromatic carbocycles. The van der Waals surface area contributed by atoms with E-state index in [2.05, 4.69) is 107 Å². The van der Waals surface area contributed by atoms with Crippen LogP contribution in [0.25, 0.3) is 0 Å². The third-order valence-electron chi connectivity index (χ3n) is 15.7. The molecule has 1 fully saturated rings. The standard InChI is InChI=1S/C75H133N9O13/c1-55-32-34-56(35-33-55)28-27-31-61(86)76-40-25-23-29-57(77-62(87)50-80-42-43-81(51-65(90)95-73(14,15)16)45-47-83(54-70(5,6)7)49-48-82(46-44-80)53-69(2,3)4)59(85)37-38-63(88)84(52-66(91)96-74(17,18)19)41-26-24-30-60(71(8,9)10)79-68(93)78-58(67(92)97-75(20,21)22)36-39-64(89)94-72(11,12)13/h32-35,57-58,60H,23-31,36-54H2,1-22H3,(H,76,86)(H,77,87)(H2,78,79,93)/t57-,58-,60-/m0/s1. The summed E-state index contributed by atoms with van der Waals surface area (Å²) in [6.45, 7) is 49.6. The molecule has 4 N–H and O–H groups in total. The predicted octanol–water partition coefficient (Wildman–Crippen LogP) is 9.98. The Labute approximate surface area is 585 Å². The SMILES string of the molecule is Cc1ccc(CCCC(=O)NCCCC[C@H](NC(=O)CN2CCN(CC(=O)OC(C)(C)C)CCN(CC(C)(C)C)CCN(CC(C)(C)C)CC2)C(=O)CCC(=O)N(CCCC[C@H](NC(=O)N[C@@H](CCC(=O)OC(C)(C)C)C(=O)OC(C)(C)C)C(C)(C)C)CC(=O)OC(C)(C)C)cc1. The molecule has 5 amide bonds. The van der Waals surface area contributed by atoms with Crippen molar-refractivity contribution >= 4 is 53.4 Å². The molecule has 0 unspecified atom stereocenters. The van der Waals surface area contributed by atoms with Crippen LogP contribution >= 0.6 is 0 Å². The molecule has 1 aromatic rings. The van der Waals surface area contributed by atoms with Gasteiger partial charge in [0.25, 0.3) is 0 Å². The van der Waals surface area contributed by atoms with Gasteiger partial charge in [-0.1, -0.05) is 92.1 Å². The van der Waals surface area contributed by atoms with E-state index >= 15 is 0 Å². The van der Waals surface area contributed by atoms with E-state index in [-0.39, 0.29) is 92.7 Å². The van der Waals surface area contributed by atoms with Crippen LogP contribution in [0.15, 0.2) is 24.3 Å². The number of benzene rings is 1. The summed E-state index contributed by atoms with van der Waals surface area (Å²) in [5.41, 5.74) is -1.16. The second-order valence-electron chi connectivity index (χ2n) is 34.2. The lowest BCUT2D eigenvalue weighted by Crippen LogP contribution is -2.53. The number of aryl methyl sites for hydroxylation is 2. The molecular formula is C75H133N9O13. The molecule has 22 heteroatoms. The quantitative estimate of drug-likeness (QED) is 0.0290. The van der Waals surface area contributed by atoms with Crippen molar-refractivity contribution in [2.24, 2.45) is 16.2 Å². The monoisotopic (exact) mass is 1370 g/mol. The molecule has 3 atom stereocenters. The van der Waals surface area contributed by atoms with E-state index in [0.29, 0.717) is 84.2 Å². The van der Waals surface area contributed by atoms with Crippen molar-refractivity contribution < 1.29 is 62.1 Å². The summed E-state index contributed by atoms with van der Waals surface area (Å²) in [6, 6.07) is 5.12. The van der Waals surface area contributed by atoms with Crippen LogP contribution in [0.4, 0.5) is 4.79 Å². The fourth-order valence-electron chi connectivity index (χ4n) is 11.3. The summed E-state index contributed by atoms with van der Waals surface area (Å²) in [5.74, 6) is -3.36. The maximum absolute atomic E-state index is 14.6. The summed E-state index contributed by atoms with van der Waals surface area (Å²) in [6.07, 6.45) is 3.84. The topological polar surface area (TPSA) is 255 Å². The number of nitrogens with one attached hydrogen (secondary N) is 4. The van der Waals surface area contributed by atoms with E-state index in [4.69, 9.17) is 18.9 Å². The third-order valence-corrected chi connectivity index (χ3v) is 15.7. The van der Waals surface area contributed by atoms with Crippen LogP contribution in [0.1, 0.15) is 234 Å². The zero-order valence-electron chi connectivity index (χ0n) is 64.4. The van der Waals surface area contributed by atoms with Gasteiger partial charge in [0.15, 0.2) is 5.78 Å². The maximum Gasteiger partial charge on any atom is 0.329 e. The highest BCUT2D eigenvalue weighted by atomic mass is 16.6. The van der Waals surface area contributed by atoms with Crippen LogP contribution in [0.5, 0.6) is 0 Å². The predicted molar refractivity (Wildman–Crippen MR) is 384 cm³/mol. The Bertz CT molecular complexity index is 2620. The molecule has 0 bridgehead atoms. The number of carbonyl (C=O) groups excluding carboxylic acids is 9. The number of rotatable bonds is 33. The van der Waals surface area contributed by atoms with Crippen LogP contribution in [-0.4, -0.2) is 217 Å². The van der Waals surface area contributed by atoms with Gasteiger partial charge in [-0.2, -0.15) is 0 Å². The average Bonchev–Trinajstić information content (AvgIpc) is 0.907. The van der Waals surface area contributed by atoms with Gasteiger partial charge < -0.3 is 54.9 Å². The zero-order valence-corrected chi connectivity index (χ0v) is 64.4. The minimum atomic E-state index is -1.15. The van der Waals surface area contributed by atoms with Gasteiger partial charge in [0, 0.05) is 110 Å². The van der Waals surface area contributed by atoms with Gasteiger partial charge in [-0.05, 0) is 170 Å². The van der Waals surface area contributed by atoms with Gasteiger partial charge in [-0.25, -0.2) is 9.59 Å². The second kappa shape index (κ2) is 40.5. The van der Waals surface area contributed by atoms with Crippen LogP contribution in [0, 0.1) is 23.2 Å². The second-order valence-corrected chi connectivity index (χ2v) is 34.2. The molecule has 1 heterocycles. The van der Waals surface area contributed by atoms with E-state index in [0.717, 1.165) is 39.1 Å². The molecule has 2 rings (SSSR count). The summed E-state index contributed by atoms with van der Waals surface area (Å²) in [4.78, 5) is 134. The molecule has 97 heavy (non-hydrogen) atoms. The van der Waals surface area contributed by atoms with Gasteiger partial charge in [0.1, 0.15) is 35.0 Å². The van der Waals surface area contributed by atoms with Crippen molar-refractivity contribution in [3.8, 4) is 0 Å². The number of ketones is 1. The normalized spacial score (nSPS) is 15.9. The van der Waals surface area contributed by atoms with Crippen molar-refractivity contribution in [2.75, 3.05) is 98.2 Å². The number of esters is 4. The minimum Gasteiger partial charge on any atom is -0.460 e. The first-order chi connectivity index (χ1) is 44.5. The number of amides is 5. The number of urea groups is 1. The number of nitrogens with zero attached hydrogens (tertiary/aromatic N) is 5. The Morgan fingerprint density at radius 3 is 1.45 bits per heavy atom. The highest BCUT2D eigenvalue weighted by Crippen LogP contribution is 2.25. The molecule has 0 aliphatic carbocycles. The Morgan fingerprint density at radius 1 is 0.464 bits per heavy atom. The lowest BCUT2D eigenvalue weighted by atomic mass is 9.83. The highest BCUT2D eigenvalue weighted by Gasteiger charge is 2.33. The van der Waals surface area contributed by atoms with E-state index in [9.17, 15) is 43.2 Å². The number of hydrogen-bond donors (Lipinski definition) is 4. The van der Waals surface area contributed by atoms with Crippen molar-refractivity contribution in [3.63, 3.8) is 0 Å². The van der Waals surface area contributed by atoms with Crippen LogP contribution in [0.3, 0.4) is 0 Å². The lowest BCUT2D eigenvalue weighted by Gasteiger charge is -2.37. The van der Waals surface area contributed by atoms with E-state index in [1.165, 1.54) is 16.0 Å². The van der Waals surface area contributed by atoms with Crippen molar-refractivity contribution in [1.82, 2.24) is 45.8 Å². The number of unbranched alkanes of at least 4 members (excludes halogenated alkanes) is 2. The van der Waals surface area contributed by atoms with Crippen molar-refractivity contribution in [3.05, 3.63) is 35.4 Å². The molecule has 22 nitrogen and oxygen atoms in total. The maximum atomic E-state index is 14.6. The fourth-order valence-corrected chi connectivity index (χ4v) is 11.3. The number of ether oxygens (including phenoxy) is 4. The summed E-state index contributed by atoms with van der Waals surface area (Å²) in [5, 5.41) is 11.8. The molecule has 1 aliphatic heterocycles. The van der Waals surface area contributed by atoms with Crippen LogP contribution in [-0.2, 0) is 63.7 Å². The molecule has 0 saturated carbocycles. The number of hydrogen-bond acceptors (Lipinski definition) is 17. The van der Waals surface area contributed by atoms with Gasteiger partial charge in [-0.15, -0.1) is 0 Å². The Kier molecular flexibility index (Phi) is 36.5. The van der Waals surface area contributed by atoms with Gasteiger partial charge in [-0.3, -0.25) is 43.4 Å². The van der Waals surface area contributed by atoms with Crippen molar-refractivity contribution in [1.29, 1.82) is 0 Å². The molecule has 0 aromatic heterocycles. The summed E-state index contributed by atoms with van der Waals surface area (Å²) in [7, 11) is 0. The van der Waals surface area contributed by atoms with E-state index in [1.807, 2.05) is 48.5 Å². The summed E-state index contributed by atoms with van der Waals surface area (Å²) >= 11 is 0. The van der Waals surface area contributed by atoms with Gasteiger partial charge in [0.2, 0.25) is 17.7 Å². The first-order valence-corrected chi connectivity index (χ1v) is 35.8. The molecule has 1 saturated heterocycles. The molecule has 1 aliphatic rings. The first-order valence-electron chi connectivity index (χ1n) is 35.8. The fraction of sp³-hybridized carbons (Fsp3) is 0.800. The number of carbonyl (C=O) groups is 9. The largest absolute Gasteiger partial charge is 0.460 e. The molecule has 556 valence electrons. The smallest absolute Gasteiger partial charge is 0.329 e. The van der Waals surface area contributed by atoms with Crippen molar-refractivity contribution in [2.45, 2.75) is 276 Å². The number of Topliss-reactive ketones (excluding diaryl/α,β-unsaturated/α-hetero) is 1. The van der Waals surface area contributed by atoms with E-state index in [1.54, 1.807) is 62.3 Å². The molecule has 0 radical (unpaired) electrons. The summed E-state index contributed by atoms with van der Waals surface area (Å²) < 4.78 is 22.5. The molecular weight excluding hydrogens is 1230 g/mol. The minimum absolute atomic E-state index is 0.00616. The average molecular weight is 1370 g/mol. The van der Waals surface area contributed by atoms with E-state index < -0.39 is 75.8 Å².